The van der Waals surface area contributed by atoms with Gasteiger partial charge in [-0.15, -0.1) is 0 Å². The second-order valence-corrected chi connectivity index (χ2v) is 7.64. The van der Waals surface area contributed by atoms with Crippen LogP contribution in [0.1, 0.15) is 39.1 Å². The molecule has 1 fully saturated rings. The second-order valence-electron chi connectivity index (χ2n) is 7.64. The van der Waals surface area contributed by atoms with Crippen LogP contribution in [0.3, 0.4) is 0 Å². The van der Waals surface area contributed by atoms with Gasteiger partial charge >= 0.3 is 0 Å². The maximum absolute atomic E-state index is 12.6. The summed E-state index contributed by atoms with van der Waals surface area (Å²) in [6.07, 6.45) is 2.93. The molecular formula is C26H26N2O3. The van der Waals surface area contributed by atoms with Crippen LogP contribution in [0.15, 0.2) is 78.9 Å². The number of hydrogen-bond donors (Lipinski definition) is 1. The first kappa shape index (κ1) is 20.7. The van der Waals surface area contributed by atoms with Crippen molar-refractivity contribution in [2.75, 3.05) is 25.0 Å². The van der Waals surface area contributed by atoms with Crippen molar-refractivity contribution in [1.82, 2.24) is 4.90 Å². The molecule has 0 saturated carbocycles. The summed E-state index contributed by atoms with van der Waals surface area (Å²) in [6.45, 7) is 2.18. The van der Waals surface area contributed by atoms with Crippen LogP contribution >= 0.6 is 0 Å². The minimum atomic E-state index is -0.221. The van der Waals surface area contributed by atoms with Gasteiger partial charge in [-0.3, -0.25) is 9.59 Å². The van der Waals surface area contributed by atoms with E-state index in [9.17, 15) is 9.59 Å². The number of likely N-dealkylation sites (tertiary alicyclic amines) is 1. The van der Waals surface area contributed by atoms with E-state index < -0.39 is 0 Å². The third-order valence-corrected chi connectivity index (χ3v) is 5.38. The number of rotatable bonds is 7. The van der Waals surface area contributed by atoms with Crippen LogP contribution in [0.5, 0.6) is 5.75 Å². The predicted octanol–water partition coefficient (Wildman–Crippen LogP) is 4.80. The topological polar surface area (TPSA) is 58.6 Å². The lowest BCUT2D eigenvalue weighted by Gasteiger charge is -2.15. The second kappa shape index (κ2) is 9.94. The Morgan fingerprint density at radius 3 is 2.32 bits per heavy atom. The Hall–Kier alpha value is -3.60. The molecule has 0 radical (unpaired) electrons. The van der Waals surface area contributed by atoms with E-state index >= 15 is 0 Å². The van der Waals surface area contributed by atoms with Crippen molar-refractivity contribution in [3.63, 3.8) is 0 Å². The lowest BCUT2D eigenvalue weighted by molar-refractivity contribution is 0.0792. The van der Waals surface area contributed by atoms with Crippen LogP contribution in [-0.4, -0.2) is 36.4 Å². The van der Waals surface area contributed by atoms with E-state index in [2.05, 4.69) is 17.4 Å². The van der Waals surface area contributed by atoms with Gasteiger partial charge in [-0.2, -0.15) is 0 Å². The van der Waals surface area contributed by atoms with Gasteiger partial charge in [-0.05, 0) is 60.9 Å². The number of amides is 2. The normalized spacial score (nSPS) is 13.1. The molecule has 3 aromatic carbocycles. The molecule has 1 N–H and O–H groups in total. The van der Waals surface area contributed by atoms with Crippen LogP contribution in [0, 0.1) is 0 Å². The Kier molecular flexibility index (Phi) is 6.62. The molecule has 5 nitrogen and oxygen atoms in total. The Labute approximate surface area is 182 Å². The molecule has 1 saturated heterocycles. The number of carbonyl (C=O) groups excluding carboxylic acids is 2. The van der Waals surface area contributed by atoms with Crippen molar-refractivity contribution in [1.29, 1.82) is 0 Å². The highest BCUT2D eigenvalue weighted by Gasteiger charge is 2.19. The number of ether oxygens (including phenoxy) is 1. The van der Waals surface area contributed by atoms with Gasteiger partial charge in [-0.25, -0.2) is 0 Å². The molecule has 0 spiro atoms. The standard InChI is InChI=1S/C26H26N2O3/c29-25(27-23-10-6-9-22(19-23)26(30)28-16-4-5-17-28)21-11-13-24(14-12-21)31-18-15-20-7-2-1-3-8-20/h1-3,6-14,19H,4-5,15-18H2,(H,27,29). The zero-order valence-electron chi connectivity index (χ0n) is 17.4. The lowest BCUT2D eigenvalue weighted by Crippen LogP contribution is -2.27. The molecule has 4 rings (SSSR count). The summed E-state index contributed by atoms with van der Waals surface area (Å²) in [5.74, 6) is 0.526. The maximum atomic E-state index is 12.6. The van der Waals surface area contributed by atoms with Gasteiger partial charge in [-0.1, -0.05) is 36.4 Å². The van der Waals surface area contributed by atoms with E-state index in [1.807, 2.05) is 23.1 Å². The van der Waals surface area contributed by atoms with Crippen molar-refractivity contribution >= 4 is 17.5 Å². The smallest absolute Gasteiger partial charge is 0.255 e. The van der Waals surface area contributed by atoms with E-state index in [1.165, 1.54) is 5.56 Å². The van der Waals surface area contributed by atoms with Crippen LogP contribution < -0.4 is 10.1 Å². The Bertz CT molecular complexity index is 1030. The zero-order valence-corrected chi connectivity index (χ0v) is 17.4. The van der Waals surface area contributed by atoms with E-state index in [0.717, 1.165) is 38.1 Å². The minimum absolute atomic E-state index is 0.0191. The molecule has 158 valence electrons. The largest absolute Gasteiger partial charge is 0.493 e. The molecule has 0 aliphatic carbocycles. The number of anilines is 1. The lowest BCUT2D eigenvalue weighted by atomic mass is 10.1. The number of hydrogen-bond acceptors (Lipinski definition) is 3. The van der Waals surface area contributed by atoms with Crippen molar-refractivity contribution in [2.24, 2.45) is 0 Å². The molecule has 31 heavy (non-hydrogen) atoms. The third kappa shape index (κ3) is 5.51. The van der Waals surface area contributed by atoms with Crippen molar-refractivity contribution < 1.29 is 14.3 Å². The summed E-state index contributed by atoms with van der Waals surface area (Å²) in [7, 11) is 0. The molecule has 1 aliphatic rings. The molecule has 1 heterocycles. The summed E-state index contributed by atoms with van der Waals surface area (Å²) in [6, 6.07) is 24.4. The molecule has 1 aliphatic heterocycles. The Morgan fingerprint density at radius 2 is 1.58 bits per heavy atom. The highest BCUT2D eigenvalue weighted by Crippen LogP contribution is 2.18. The van der Waals surface area contributed by atoms with Crippen LogP contribution in [0.25, 0.3) is 0 Å². The molecule has 5 heteroatoms. The molecule has 0 aromatic heterocycles. The molecule has 0 unspecified atom stereocenters. The fraction of sp³-hybridized carbons (Fsp3) is 0.231. The van der Waals surface area contributed by atoms with Gasteiger partial charge in [0.25, 0.3) is 11.8 Å². The number of benzene rings is 3. The van der Waals surface area contributed by atoms with E-state index in [-0.39, 0.29) is 11.8 Å². The fourth-order valence-corrected chi connectivity index (χ4v) is 3.67. The Balaban J connectivity index is 1.32. The van der Waals surface area contributed by atoms with Crippen LogP contribution in [0.4, 0.5) is 5.69 Å². The summed E-state index contributed by atoms with van der Waals surface area (Å²) >= 11 is 0. The SMILES string of the molecule is O=C(Nc1cccc(C(=O)N2CCCC2)c1)c1ccc(OCCc2ccccc2)cc1. The van der Waals surface area contributed by atoms with Gasteiger partial charge < -0.3 is 15.0 Å². The van der Waals surface area contributed by atoms with Crippen LogP contribution in [-0.2, 0) is 6.42 Å². The molecule has 0 atom stereocenters. The van der Waals surface area contributed by atoms with E-state index in [1.54, 1.807) is 48.5 Å². The Morgan fingerprint density at radius 1 is 0.839 bits per heavy atom. The maximum Gasteiger partial charge on any atom is 0.255 e. The summed E-state index contributed by atoms with van der Waals surface area (Å²) in [5.41, 5.74) is 2.97. The van der Waals surface area contributed by atoms with Gasteiger partial charge in [0.15, 0.2) is 0 Å². The first-order chi connectivity index (χ1) is 15.2. The first-order valence-corrected chi connectivity index (χ1v) is 10.7. The van der Waals surface area contributed by atoms with Crippen molar-refractivity contribution in [3.05, 3.63) is 95.6 Å². The summed E-state index contributed by atoms with van der Waals surface area (Å²) in [5, 5.41) is 2.88. The summed E-state index contributed by atoms with van der Waals surface area (Å²) < 4.78 is 5.78. The van der Waals surface area contributed by atoms with Crippen molar-refractivity contribution in [3.8, 4) is 5.75 Å². The molecule has 3 aromatic rings. The quantitative estimate of drug-likeness (QED) is 0.604. The highest BCUT2D eigenvalue weighted by atomic mass is 16.5. The van der Waals surface area contributed by atoms with Gasteiger partial charge in [0.1, 0.15) is 5.75 Å². The van der Waals surface area contributed by atoms with Gasteiger partial charge in [0.2, 0.25) is 0 Å². The highest BCUT2D eigenvalue weighted by molar-refractivity contribution is 6.05. The third-order valence-electron chi connectivity index (χ3n) is 5.38. The fourth-order valence-electron chi connectivity index (χ4n) is 3.67. The average molecular weight is 415 g/mol. The zero-order chi connectivity index (χ0) is 21.5. The monoisotopic (exact) mass is 414 g/mol. The number of nitrogens with one attached hydrogen (secondary N) is 1. The van der Waals surface area contributed by atoms with Gasteiger partial charge in [0.05, 0.1) is 6.61 Å². The molecule has 2 amide bonds. The van der Waals surface area contributed by atoms with E-state index in [4.69, 9.17) is 4.74 Å². The predicted molar refractivity (Wildman–Crippen MR) is 122 cm³/mol. The average Bonchev–Trinajstić information content (AvgIpc) is 3.35. The molecular weight excluding hydrogens is 388 g/mol. The minimum Gasteiger partial charge on any atom is -0.493 e. The van der Waals surface area contributed by atoms with Crippen LogP contribution in [0.2, 0.25) is 0 Å². The van der Waals surface area contributed by atoms with E-state index in [0.29, 0.717) is 23.4 Å². The number of carbonyl (C=O) groups is 2. The molecule has 0 bridgehead atoms. The van der Waals surface area contributed by atoms with Gasteiger partial charge in [0, 0.05) is 36.3 Å². The summed E-state index contributed by atoms with van der Waals surface area (Å²) in [4.78, 5) is 27.0. The number of nitrogens with zero attached hydrogens (tertiary/aromatic N) is 1. The van der Waals surface area contributed by atoms with Crippen molar-refractivity contribution in [2.45, 2.75) is 19.3 Å². The first-order valence-electron chi connectivity index (χ1n) is 10.7.